The smallest absolute Gasteiger partial charge is 0.255 e. The van der Waals surface area contributed by atoms with Crippen molar-refractivity contribution in [3.05, 3.63) is 59.4 Å². The van der Waals surface area contributed by atoms with Crippen molar-refractivity contribution in [2.75, 3.05) is 38.0 Å². The summed E-state index contributed by atoms with van der Waals surface area (Å²) in [6.45, 7) is 6.53. The van der Waals surface area contributed by atoms with Crippen molar-refractivity contribution in [3.8, 4) is 0 Å². The Morgan fingerprint density at radius 3 is 2.39 bits per heavy atom. The summed E-state index contributed by atoms with van der Waals surface area (Å²) in [4.78, 5) is 29.0. The van der Waals surface area contributed by atoms with Crippen LogP contribution in [0.25, 0.3) is 0 Å². The summed E-state index contributed by atoms with van der Waals surface area (Å²) in [5.41, 5.74) is 2.64. The largest absolute Gasteiger partial charge is 0.377 e. The molecular weight excluding hydrogens is 397 g/mol. The lowest BCUT2D eigenvalue weighted by molar-refractivity contribution is -0.138. The zero-order chi connectivity index (χ0) is 23.1. The van der Waals surface area contributed by atoms with Crippen LogP contribution in [0.3, 0.4) is 0 Å². The molecule has 2 amide bonds. The van der Waals surface area contributed by atoms with Gasteiger partial charge in [0.15, 0.2) is 0 Å². The molecule has 2 rings (SSSR count). The van der Waals surface area contributed by atoms with Crippen molar-refractivity contribution in [3.63, 3.8) is 0 Å². The Balaban J connectivity index is 2.35. The van der Waals surface area contributed by atoms with Gasteiger partial charge in [0.05, 0.1) is 0 Å². The Kier molecular flexibility index (Phi) is 8.56. The molecule has 0 aliphatic heterocycles. The Labute approximate surface area is 184 Å². The summed E-state index contributed by atoms with van der Waals surface area (Å²) in [6.07, 6.45) is 0. The van der Waals surface area contributed by atoms with Crippen molar-refractivity contribution in [2.24, 2.45) is 5.92 Å². The van der Waals surface area contributed by atoms with Crippen molar-refractivity contribution >= 4 is 23.2 Å². The van der Waals surface area contributed by atoms with Crippen LogP contribution in [-0.4, -0.2) is 50.6 Å². The van der Waals surface area contributed by atoms with Crippen LogP contribution in [0, 0.1) is 11.7 Å². The number of anilines is 2. The van der Waals surface area contributed by atoms with Crippen LogP contribution >= 0.6 is 0 Å². The summed E-state index contributed by atoms with van der Waals surface area (Å²) in [5, 5.41) is 2.82. The van der Waals surface area contributed by atoms with E-state index >= 15 is 0 Å². The number of hydrogen-bond donors (Lipinski definition) is 1. The first-order chi connectivity index (χ1) is 14.6. The van der Waals surface area contributed by atoms with Gasteiger partial charge < -0.3 is 19.9 Å². The zero-order valence-corrected chi connectivity index (χ0v) is 19.1. The normalized spacial score (nSPS) is 11.9. The first kappa shape index (κ1) is 24.3. The number of nitrogens with zero attached hydrogens (tertiary/aromatic N) is 2. The van der Waals surface area contributed by atoms with Crippen LogP contribution < -0.4 is 10.2 Å². The van der Waals surface area contributed by atoms with Crippen molar-refractivity contribution in [1.82, 2.24) is 4.90 Å². The fourth-order valence-corrected chi connectivity index (χ4v) is 3.27. The number of halogens is 1. The fraction of sp³-hybridized carbons (Fsp3) is 0.417. The molecule has 0 saturated heterocycles. The molecule has 0 bridgehead atoms. The molecule has 2 aromatic carbocycles. The molecule has 0 heterocycles. The first-order valence-corrected chi connectivity index (χ1v) is 10.3. The monoisotopic (exact) mass is 429 g/mol. The molecule has 31 heavy (non-hydrogen) atoms. The second-order valence-corrected chi connectivity index (χ2v) is 8.14. The lowest BCUT2D eigenvalue weighted by Crippen LogP contribution is -2.43. The first-order valence-electron chi connectivity index (χ1n) is 10.3. The van der Waals surface area contributed by atoms with Gasteiger partial charge in [-0.05, 0) is 54.8 Å². The van der Waals surface area contributed by atoms with E-state index in [4.69, 9.17) is 4.74 Å². The number of rotatable bonds is 9. The fourth-order valence-electron chi connectivity index (χ4n) is 3.27. The van der Waals surface area contributed by atoms with Gasteiger partial charge >= 0.3 is 0 Å². The van der Waals surface area contributed by atoms with Crippen LogP contribution in [0.5, 0.6) is 0 Å². The van der Waals surface area contributed by atoms with Crippen LogP contribution in [-0.2, 0) is 16.1 Å². The van der Waals surface area contributed by atoms with Gasteiger partial charge in [-0.3, -0.25) is 9.59 Å². The lowest BCUT2D eigenvalue weighted by atomic mass is 10.0. The second kappa shape index (κ2) is 10.9. The summed E-state index contributed by atoms with van der Waals surface area (Å²) in [6, 6.07) is 11.1. The Morgan fingerprint density at radius 1 is 1.10 bits per heavy atom. The van der Waals surface area contributed by atoms with Gasteiger partial charge in [-0.15, -0.1) is 0 Å². The molecule has 0 aromatic heterocycles. The zero-order valence-electron chi connectivity index (χ0n) is 19.1. The van der Waals surface area contributed by atoms with Gasteiger partial charge in [0, 0.05) is 50.7 Å². The van der Waals surface area contributed by atoms with Gasteiger partial charge in [-0.25, -0.2) is 4.39 Å². The van der Waals surface area contributed by atoms with E-state index in [1.54, 1.807) is 17.0 Å². The maximum absolute atomic E-state index is 13.5. The topological polar surface area (TPSA) is 61.9 Å². The van der Waals surface area contributed by atoms with E-state index < -0.39 is 11.7 Å². The number of nitrogens with one attached hydrogen (secondary N) is 1. The third-order valence-electron chi connectivity index (χ3n) is 5.29. The molecule has 0 fully saturated rings. The third-order valence-corrected chi connectivity index (χ3v) is 5.29. The van der Waals surface area contributed by atoms with Crippen molar-refractivity contribution in [2.45, 2.75) is 33.4 Å². The molecule has 1 N–H and O–H groups in total. The minimum Gasteiger partial charge on any atom is -0.377 e. The third kappa shape index (κ3) is 6.52. The Bertz CT molecular complexity index is 915. The van der Waals surface area contributed by atoms with Crippen molar-refractivity contribution < 1.29 is 18.7 Å². The number of carbonyl (C=O) groups excluding carboxylic acids is 2. The molecule has 0 spiro atoms. The maximum Gasteiger partial charge on any atom is 0.255 e. The highest BCUT2D eigenvalue weighted by Gasteiger charge is 2.24. The van der Waals surface area contributed by atoms with Crippen LogP contribution in [0.1, 0.15) is 36.7 Å². The van der Waals surface area contributed by atoms with Crippen LogP contribution in [0.2, 0.25) is 0 Å². The minimum absolute atomic E-state index is 0.00297. The molecule has 6 nitrogen and oxygen atoms in total. The molecule has 7 heteroatoms. The highest BCUT2D eigenvalue weighted by molar-refractivity contribution is 6.04. The summed E-state index contributed by atoms with van der Waals surface area (Å²) in [5.74, 6) is -0.695. The number of ether oxygens (including phenoxy) is 1. The number of benzene rings is 2. The lowest BCUT2D eigenvalue weighted by Gasteiger charge is -2.33. The predicted octanol–water partition coefficient (Wildman–Crippen LogP) is 4.16. The van der Waals surface area contributed by atoms with E-state index in [1.807, 2.05) is 38.1 Å². The number of amides is 2. The SMILES string of the molecule is COCC(=O)N(Cc1cc(NC(=O)c2cccc(F)c2)ccc1N(C)C)[C@@H](C)C(C)C. The highest BCUT2D eigenvalue weighted by atomic mass is 19.1. The molecule has 1 atom stereocenters. The van der Waals surface area contributed by atoms with Gasteiger partial charge in [0.25, 0.3) is 5.91 Å². The van der Waals surface area contributed by atoms with E-state index in [0.717, 1.165) is 11.3 Å². The second-order valence-electron chi connectivity index (χ2n) is 8.14. The maximum atomic E-state index is 13.5. The van der Waals surface area contributed by atoms with Crippen molar-refractivity contribution in [1.29, 1.82) is 0 Å². The standard InChI is InChI=1S/C24H32FN3O3/c1-16(2)17(3)28(23(29)15-31-6)14-19-13-21(10-11-22(19)27(4)5)26-24(30)18-8-7-9-20(25)12-18/h7-13,16-17H,14-15H2,1-6H3,(H,26,30)/t17-/m0/s1. The quantitative estimate of drug-likeness (QED) is 0.650. The summed E-state index contributed by atoms with van der Waals surface area (Å²) in [7, 11) is 5.36. The van der Waals surface area contributed by atoms with E-state index in [1.165, 1.54) is 25.3 Å². The van der Waals surface area contributed by atoms with Crippen LogP contribution in [0.15, 0.2) is 42.5 Å². The molecule has 0 saturated carbocycles. The Hall–Kier alpha value is -2.93. The number of methoxy groups -OCH3 is 1. The molecule has 0 unspecified atom stereocenters. The summed E-state index contributed by atoms with van der Waals surface area (Å²) >= 11 is 0. The van der Waals surface area contributed by atoms with Crippen LogP contribution in [0.4, 0.5) is 15.8 Å². The molecular formula is C24H32FN3O3. The van der Waals surface area contributed by atoms with E-state index in [-0.39, 0.29) is 30.0 Å². The summed E-state index contributed by atoms with van der Waals surface area (Å²) < 4.78 is 18.5. The average Bonchev–Trinajstić information content (AvgIpc) is 2.71. The highest BCUT2D eigenvalue weighted by Crippen LogP contribution is 2.26. The molecule has 2 aromatic rings. The number of hydrogen-bond acceptors (Lipinski definition) is 4. The average molecular weight is 430 g/mol. The molecule has 0 radical (unpaired) electrons. The van der Waals surface area contributed by atoms with Gasteiger partial charge in [-0.1, -0.05) is 19.9 Å². The Morgan fingerprint density at radius 2 is 1.81 bits per heavy atom. The van der Waals surface area contributed by atoms with Gasteiger partial charge in [0.1, 0.15) is 12.4 Å². The van der Waals surface area contributed by atoms with Gasteiger partial charge in [0.2, 0.25) is 5.91 Å². The minimum atomic E-state index is -0.466. The van der Waals surface area contributed by atoms with Gasteiger partial charge in [-0.2, -0.15) is 0 Å². The van der Waals surface area contributed by atoms with E-state index in [2.05, 4.69) is 19.2 Å². The molecule has 0 aliphatic rings. The number of carbonyl (C=O) groups is 2. The molecule has 0 aliphatic carbocycles. The predicted molar refractivity (Wildman–Crippen MR) is 122 cm³/mol. The van der Waals surface area contributed by atoms with E-state index in [0.29, 0.717) is 12.2 Å². The van der Waals surface area contributed by atoms with E-state index in [9.17, 15) is 14.0 Å². The molecule has 168 valence electrons.